The van der Waals surface area contributed by atoms with Gasteiger partial charge < -0.3 is 23.4 Å². The highest BCUT2D eigenvalue weighted by atomic mass is 16.6. The SMILES string of the molecule is COC(=O)c1occc1COC(=O)Cc1ccc2c(c1)OCCO2. The van der Waals surface area contributed by atoms with Crippen molar-refractivity contribution in [2.75, 3.05) is 20.3 Å². The van der Waals surface area contributed by atoms with Gasteiger partial charge in [0.15, 0.2) is 11.5 Å². The van der Waals surface area contributed by atoms with Crippen LogP contribution >= 0.6 is 0 Å². The minimum Gasteiger partial charge on any atom is -0.486 e. The largest absolute Gasteiger partial charge is 0.486 e. The Bertz CT molecular complexity index is 747. The van der Waals surface area contributed by atoms with E-state index in [9.17, 15) is 9.59 Å². The van der Waals surface area contributed by atoms with E-state index in [2.05, 4.69) is 4.74 Å². The van der Waals surface area contributed by atoms with Crippen LogP contribution in [0.5, 0.6) is 11.5 Å². The van der Waals surface area contributed by atoms with Crippen molar-refractivity contribution in [3.05, 3.63) is 47.4 Å². The minimum atomic E-state index is -0.613. The van der Waals surface area contributed by atoms with Gasteiger partial charge in [0.1, 0.15) is 19.8 Å². The molecule has 1 aliphatic rings. The number of carbonyl (C=O) groups is 2. The fourth-order valence-corrected chi connectivity index (χ4v) is 2.29. The Morgan fingerprint density at radius 3 is 2.71 bits per heavy atom. The number of rotatable bonds is 5. The number of methoxy groups -OCH3 is 1. The van der Waals surface area contributed by atoms with E-state index >= 15 is 0 Å². The molecule has 7 heteroatoms. The van der Waals surface area contributed by atoms with Crippen molar-refractivity contribution >= 4 is 11.9 Å². The first-order chi connectivity index (χ1) is 11.7. The number of hydrogen-bond acceptors (Lipinski definition) is 7. The maximum Gasteiger partial charge on any atom is 0.374 e. The molecule has 126 valence electrons. The summed E-state index contributed by atoms with van der Waals surface area (Å²) in [4.78, 5) is 23.5. The molecule has 24 heavy (non-hydrogen) atoms. The van der Waals surface area contributed by atoms with Crippen LogP contribution in [0.25, 0.3) is 0 Å². The van der Waals surface area contributed by atoms with Crippen molar-refractivity contribution in [2.24, 2.45) is 0 Å². The second kappa shape index (κ2) is 7.08. The zero-order valence-electron chi connectivity index (χ0n) is 13.1. The summed E-state index contributed by atoms with van der Waals surface area (Å²) >= 11 is 0. The standard InChI is InChI=1S/C17H16O7/c1-20-17(19)16-12(4-5-23-16)10-24-15(18)9-11-2-3-13-14(8-11)22-7-6-21-13/h2-5,8H,6-7,9-10H2,1H3. The van der Waals surface area contributed by atoms with Gasteiger partial charge in [-0.25, -0.2) is 4.79 Å². The summed E-state index contributed by atoms with van der Waals surface area (Å²) in [6, 6.07) is 6.87. The van der Waals surface area contributed by atoms with Crippen molar-refractivity contribution in [3.63, 3.8) is 0 Å². The van der Waals surface area contributed by atoms with Crippen molar-refractivity contribution < 1.29 is 33.0 Å². The Balaban J connectivity index is 1.58. The molecule has 0 N–H and O–H groups in total. The Morgan fingerprint density at radius 2 is 1.92 bits per heavy atom. The lowest BCUT2D eigenvalue weighted by molar-refractivity contribution is -0.144. The molecule has 0 unspecified atom stereocenters. The predicted molar refractivity (Wildman–Crippen MR) is 81.0 cm³/mol. The molecule has 1 aliphatic heterocycles. The molecule has 0 spiro atoms. The van der Waals surface area contributed by atoms with Gasteiger partial charge in [-0.05, 0) is 23.8 Å². The number of furan rings is 1. The summed E-state index contributed by atoms with van der Waals surface area (Å²) in [6.45, 7) is 0.934. The first kappa shape index (κ1) is 15.9. The van der Waals surface area contributed by atoms with Gasteiger partial charge in [0.2, 0.25) is 5.76 Å². The predicted octanol–water partition coefficient (Wildman–Crippen LogP) is 2.12. The smallest absolute Gasteiger partial charge is 0.374 e. The average Bonchev–Trinajstić information content (AvgIpc) is 3.08. The van der Waals surface area contributed by atoms with Crippen LogP contribution in [0.15, 0.2) is 34.9 Å². The fraction of sp³-hybridized carbons (Fsp3) is 0.294. The molecule has 2 heterocycles. The van der Waals surface area contributed by atoms with E-state index in [4.69, 9.17) is 18.6 Å². The van der Waals surface area contributed by atoms with Crippen molar-refractivity contribution in [2.45, 2.75) is 13.0 Å². The summed E-state index contributed by atoms with van der Waals surface area (Å²) in [5.74, 6) is 0.278. The van der Waals surface area contributed by atoms with Gasteiger partial charge in [-0.1, -0.05) is 6.07 Å². The molecule has 0 aliphatic carbocycles. The van der Waals surface area contributed by atoms with E-state index in [0.717, 1.165) is 5.56 Å². The molecule has 0 fully saturated rings. The van der Waals surface area contributed by atoms with Gasteiger partial charge in [0, 0.05) is 5.56 Å². The van der Waals surface area contributed by atoms with Crippen LogP contribution in [0.1, 0.15) is 21.7 Å². The molecule has 0 atom stereocenters. The zero-order chi connectivity index (χ0) is 16.9. The summed E-state index contributed by atoms with van der Waals surface area (Å²) in [7, 11) is 1.25. The molecule has 0 radical (unpaired) electrons. The van der Waals surface area contributed by atoms with E-state index in [0.29, 0.717) is 30.3 Å². The van der Waals surface area contributed by atoms with Gasteiger partial charge in [-0.15, -0.1) is 0 Å². The first-order valence-electron chi connectivity index (χ1n) is 7.36. The molecule has 2 aromatic rings. The summed E-state index contributed by atoms with van der Waals surface area (Å²) < 4.78 is 25.7. The number of hydrogen-bond donors (Lipinski definition) is 0. The fourth-order valence-electron chi connectivity index (χ4n) is 2.29. The molecule has 0 saturated heterocycles. The first-order valence-corrected chi connectivity index (χ1v) is 7.36. The second-order valence-electron chi connectivity index (χ2n) is 5.08. The van der Waals surface area contributed by atoms with Crippen LogP contribution in [0.4, 0.5) is 0 Å². The molecule has 0 saturated carbocycles. The van der Waals surface area contributed by atoms with E-state index in [-0.39, 0.29) is 18.8 Å². The number of fused-ring (bicyclic) bond motifs is 1. The minimum absolute atomic E-state index is 0.0321. The summed E-state index contributed by atoms with van der Waals surface area (Å²) in [5.41, 5.74) is 1.21. The number of carbonyl (C=O) groups excluding carboxylic acids is 2. The highest BCUT2D eigenvalue weighted by Crippen LogP contribution is 2.30. The lowest BCUT2D eigenvalue weighted by Crippen LogP contribution is -2.16. The zero-order valence-corrected chi connectivity index (χ0v) is 13.1. The Labute approximate surface area is 138 Å². The molecule has 7 nitrogen and oxygen atoms in total. The average molecular weight is 332 g/mol. The van der Waals surface area contributed by atoms with Gasteiger partial charge in [-0.2, -0.15) is 0 Å². The topological polar surface area (TPSA) is 84.2 Å². The quantitative estimate of drug-likeness (QED) is 0.775. The van der Waals surface area contributed by atoms with Gasteiger partial charge in [0.05, 0.1) is 19.8 Å². The maximum absolute atomic E-state index is 12.0. The molecule has 1 aromatic heterocycles. The van der Waals surface area contributed by atoms with Crippen LogP contribution < -0.4 is 9.47 Å². The van der Waals surface area contributed by atoms with Crippen LogP contribution in [-0.2, 0) is 27.3 Å². The third-order valence-corrected chi connectivity index (χ3v) is 3.46. The van der Waals surface area contributed by atoms with Crippen molar-refractivity contribution in [1.82, 2.24) is 0 Å². The Hall–Kier alpha value is -2.96. The maximum atomic E-state index is 12.0. The van der Waals surface area contributed by atoms with Crippen LogP contribution in [0.3, 0.4) is 0 Å². The van der Waals surface area contributed by atoms with Gasteiger partial charge in [-0.3, -0.25) is 4.79 Å². The Kier molecular flexibility index (Phi) is 4.69. The molecular formula is C17H16O7. The number of ether oxygens (including phenoxy) is 4. The van der Waals surface area contributed by atoms with Crippen LogP contribution in [0.2, 0.25) is 0 Å². The third kappa shape index (κ3) is 3.51. The molecular weight excluding hydrogens is 316 g/mol. The number of benzene rings is 1. The lowest BCUT2D eigenvalue weighted by Gasteiger charge is -2.18. The highest BCUT2D eigenvalue weighted by Gasteiger charge is 2.18. The van der Waals surface area contributed by atoms with Crippen LogP contribution in [0, 0.1) is 0 Å². The van der Waals surface area contributed by atoms with Crippen LogP contribution in [-0.4, -0.2) is 32.3 Å². The van der Waals surface area contributed by atoms with Crippen molar-refractivity contribution in [1.29, 1.82) is 0 Å². The summed E-state index contributed by atoms with van der Waals surface area (Å²) in [5, 5.41) is 0. The van der Waals surface area contributed by atoms with Gasteiger partial charge in [0.25, 0.3) is 0 Å². The second-order valence-corrected chi connectivity index (χ2v) is 5.08. The monoisotopic (exact) mass is 332 g/mol. The summed E-state index contributed by atoms with van der Waals surface area (Å²) in [6.07, 6.45) is 1.43. The molecule has 3 rings (SSSR count). The normalized spacial score (nSPS) is 12.5. The van der Waals surface area contributed by atoms with E-state index < -0.39 is 11.9 Å². The van der Waals surface area contributed by atoms with E-state index in [1.807, 2.05) is 0 Å². The lowest BCUT2D eigenvalue weighted by atomic mass is 10.1. The van der Waals surface area contributed by atoms with Gasteiger partial charge >= 0.3 is 11.9 Å². The molecule has 1 aromatic carbocycles. The Morgan fingerprint density at radius 1 is 1.12 bits per heavy atom. The van der Waals surface area contributed by atoms with Crippen molar-refractivity contribution in [3.8, 4) is 11.5 Å². The molecule has 0 amide bonds. The number of esters is 2. The van der Waals surface area contributed by atoms with E-state index in [1.54, 1.807) is 24.3 Å². The highest BCUT2D eigenvalue weighted by molar-refractivity contribution is 5.87. The third-order valence-electron chi connectivity index (χ3n) is 3.46. The van der Waals surface area contributed by atoms with E-state index in [1.165, 1.54) is 13.4 Å². The molecule has 0 bridgehead atoms.